The molecule has 2 unspecified atom stereocenters. The van der Waals surface area contributed by atoms with Crippen LogP contribution >= 0.6 is 0 Å². The van der Waals surface area contributed by atoms with E-state index in [0.717, 1.165) is 24.0 Å². The summed E-state index contributed by atoms with van der Waals surface area (Å²) in [5.41, 5.74) is 2.30. The number of aliphatic hydroxyl groups excluding tert-OH is 1. The Kier molecular flexibility index (Phi) is 4.08. The topological polar surface area (TPSA) is 57.6 Å². The number of benzene rings is 1. The van der Waals surface area contributed by atoms with Crippen LogP contribution in [-0.4, -0.2) is 42.3 Å². The first-order valence-electron chi connectivity index (χ1n) is 7.72. The first-order chi connectivity index (χ1) is 10.0. The second-order valence-corrected chi connectivity index (χ2v) is 8.49. The number of aliphatic hydroxyl groups is 1. The highest BCUT2D eigenvalue weighted by molar-refractivity contribution is 7.89. The molecule has 1 heterocycles. The van der Waals surface area contributed by atoms with Crippen molar-refractivity contribution in [2.75, 3.05) is 13.2 Å². The summed E-state index contributed by atoms with van der Waals surface area (Å²) in [5.74, 6) is 0.224. The van der Waals surface area contributed by atoms with Crippen molar-refractivity contribution in [3.8, 4) is 0 Å². The second-order valence-electron chi connectivity index (χ2n) is 6.32. The highest BCUT2D eigenvalue weighted by atomic mass is 32.2. The minimum absolute atomic E-state index is 0.0833. The molecule has 2 aliphatic rings. The van der Waals surface area contributed by atoms with E-state index in [1.54, 1.807) is 4.31 Å². The molecule has 0 aromatic heterocycles. The fourth-order valence-electron chi connectivity index (χ4n) is 3.72. The lowest BCUT2D eigenvalue weighted by Gasteiger charge is -2.39. The Hall–Kier alpha value is -0.910. The molecule has 1 aliphatic carbocycles. The number of hydrogen-bond acceptors (Lipinski definition) is 3. The van der Waals surface area contributed by atoms with E-state index < -0.39 is 10.0 Å². The number of nitrogens with zero attached hydrogens (tertiary/aromatic N) is 1. The summed E-state index contributed by atoms with van der Waals surface area (Å²) in [6.07, 6.45) is 3.07. The fourth-order valence-corrected chi connectivity index (χ4v) is 5.92. The highest BCUT2D eigenvalue weighted by Gasteiger charge is 2.42. The lowest BCUT2D eigenvalue weighted by molar-refractivity contribution is 0.112. The van der Waals surface area contributed by atoms with Crippen LogP contribution in [-0.2, 0) is 22.9 Å². The van der Waals surface area contributed by atoms with Crippen LogP contribution < -0.4 is 0 Å². The van der Waals surface area contributed by atoms with Gasteiger partial charge in [-0.2, -0.15) is 4.31 Å². The first kappa shape index (κ1) is 15.0. The van der Waals surface area contributed by atoms with Crippen LogP contribution in [0.3, 0.4) is 0 Å². The average molecular weight is 309 g/mol. The van der Waals surface area contributed by atoms with E-state index in [1.807, 2.05) is 31.2 Å². The van der Waals surface area contributed by atoms with Crippen molar-refractivity contribution in [2.24, 2.45) is 5.92 Å². The molecule has 1 fully saturated rings. The Morgan fingerprint density at radius 2 is 1.86 bits per heavy atom. The van der Waals surface area contributed by atoms with Crippen LogP contribution in [0.2, 0.25) is 0 Å². The van der Waals surface area contributed by atoms with Gasteiger partial charge in [0.1, 0.15) is 0 Å². The Labute approximate surface area is 126 Å². The van der Waals surface area contributed by atoms with E-state index in [4.69, 9.17) is 0 Å². The van der Waals surface area contributed by atoms with Crippen LogP contribution in [0.1, 0.15) is 30.9 Å². The zero-order valence-corrected chi connectivity index (χ0v) is 13.2. The molecule has 1 N–H and O–H groups in total. The maximum atomic E-state index is 13.0. The minimum atomic E-state index is -3.35. The highest BCUT2D eigenvalue weighted by Crippen LogP contribution is 2.32. The van der Waals surface area contributed by atoms with Crippen molar-refractivity contribution in [3.63, 3.8) is 0 Å². The van der Waals surface area contributed by atoms with Gasteiger partial charge in [0, 0.05) is 6.54 Å². The predicted octanol–water partition coefficient (Wildman–Crippen LogP) is 1.58. The van der Waals surface area contributed by atoms with E-state index in [0.29, 0.717) is 19.4 Å². The minimum Gasteiger partial charge on any atom is -0.395 e. The largest absolute Gasteiger partial charge is 0.395 e. The summed E-state index contributed by atoms with van der Waals surface area (Å²) in [7, 11) is -3.35. The SMILES string of the molecule is CC1CCCN(S(=O)(=O)C2Cc3ccccc3C2)C1CO. The van der Waals surface area contributed by atoms with Crippen LogP contribution in [0.5, 0.6) is 0 Å². The van der Waals surface area contributed by atoms with Gasteiger partial charge in [-0.25, -0.2) is 8.42 Å². The standard InChI is InChI=1S/C16H23NO3S/c1-12-5-4-8-17(16(12)11-18)21(19,20)15-9-13-6-2-3-7-14(13)10-15/h2-3,6-7,12,15-16,18H,4-5,8-11H2,1H3. The van der Waals surface area contributed by atoms with Gasteiger partial charge in [0.05, 0.1) is 17.9 Å². The molecule has 116 valence electrons. The molecule has 2 atom stereocenters. The van der Waals surface area contributed by atoms with E-state index in [1.165, 1.54) is 0 Å². The van der Waals surface area contributed by atoms with Gasteiger partial charge in [0.25, 0.3) is 0 Å². The predicted molar refractivity (Wildman–Crippen MR) is 82.5 cm³/mol. The van der Waals surface area contributed by atoms with E-state index >= 15 is 0 Å². The monoisotopic (exact) mass is 309 g/mol. The number of hydrogen-bond donors (Lipinski definition) is 1. The molecule has 0 saturated carbocycles. The van der Waals surface area contributed by atoms with Gasteiger partial charge in [0.15, 0.2) is 0 Å². The van der Waals surface area contributed by atoms with Gasteiger partial charge in [-0.3, -0.25) is 0 Å². The maximum absolute atomic E-state index is 13.0. The van der Waals surface area contributed by atoms with E-state index in [9.17, 15) is 13.5 Å². The van der Waals surface area contributed by atoms with Gasteiger partial charge in [0.2, 0.25) is 10.0 Å². The lowest BCUT2D eigenvalue weighted by atomic mass is 9.93. The third-order valence-corrected chi connectivity index (χ3v) is 7.30. The van der Waals surface area contributed by atoms with Gasteiger partial charge >= 0.3 is 0 Å². The zero-order chi connectivity index (χ0) is 15.0. The molecule has 0 bridgehead atoms. The van der Waals surface area contributed by atoms with Crippen LogP contribution in [0.4, 0.5) is 0 Å². The number of fused-ring (bicyclic) bond motifs is 1. The Morgan fingerprint density at radius 1 is 1.24 bits per heavy atom. The molecule has 0 spiro atoms. The molecule has 21 heavy (non-hydrogen) atoms. The molecule has 4 nitrogen and oxygen atoms in total. The summed E-state index contributed by atoms with van der Waals surface area (Å²) in [6.45, 7) is 2.50. The molecular formula is C16H23NO3S. The van der Waals surface area contributed by atoms with E-state index in [-0.39, 0.29) is 23.8 Å². The number of piperidine rings is 1. The summed E-state index contributed by atoms with van der Waals surface area (Å²) >= 11 is 0. The molecule has 5 heteroatoms. The number of rotatable bonds is 3. The molecular weight excluding hydrogens is 286 g/mol. The Morgan fingerprint density at radius 3 is 2.43 bits per heavy atom. The smallest absolute Gasteiger partial charge is 0.217 e. The maximum Gasteiger partial charge on any atom is 0.217 e. The van der Waals surface area contributed by atoms with Crippen LogP contribution in [0, 0.1) is 5.92 Å². The van der Waals surface area contributed by atoms with Crippen molar-refractivity contribution in [1.29, 1.82) is 0 Å². The van der Waals surface area contributed by atoms with Gasteiger partial charge in [-0.1, -0.05) is 31.2 Å². The summed E-state index contributed by atoms with van der Waals surface area (Å²) < 4.78 is 27.6. The molecule has 0 amide bonds. The zero-order valence-electron chi connectivity index (χ0n) is 12.4. The Balaban J connectivity index is 1.85. The lowest BCUT2D eigenvalue weighted by Crippen LogP contribution is -2.52. The van der Waals surface area contributed by atoms with Gasteiger partial charge in [-0.15, -0.1) is 0 Å². The third kappa shape index (κ3) is 2.62. The van der Waals surface area contributed by atoms with Crippen molar-refractivity contribution < 1.29 is 13.5 Å². The quantitative estimate of drug-likeness (QED) is 0.922. The van der Waals surface area contributed by atoms with Crippen molar-refractivity contribution >= 4 is 10.0 Å². The molecule has 1 aliphatic heterocycles. The first-order valence-corrected chi connectivity index (χ1v) is 9.22. The molecule has 1 aromatic rings. The Bertz CT molecular complexity index is 589. The van der Waals surface area contributed by atoms with Crippen molar-refractivity contribution in [2.45, 2.75) is 43.9 Å². The van der Waals surface area contributed by atoms with Crippen LogP contribution in [0.15, 0.2) is 24.3 Å². The third-order valence-electron chi connectivity index (χ3n) is 5.01. The summed E-state index contributed by atoms with van der Waals surface area (Å²) in [6, 6.07) is 7.72. The van der Waals surface area contributed by atoms with Crippen LogP contribution in [0.25, 0.3) is 0 Å². The second kappa shape index (κ2) is 5.71. The van der Waals surface area contributed by atoms with E-state index in [2.05, 4.69) is 0 Å². The molecule has 1 saturated heterocycles. The van der Waals surface area contributed by atoms with Crippen molar-refractivity contribution in [3.05, 3.63) is 35.4 Å². The molecule has 1 aromatic carbocycles. The normalized spacial score (nSPS) is 27.7. The average Bonchev–Trinajstić information content (AvgIpc) is 2.91. The van der Waals surface area contributed by atoms with Crippen molar-refractivity contribution in [1.82, 2.24) is 4.31 Å². The number of sulfonamides is 1. The summed E-state index contributed by atoms with van der Waals surface area (Å²) in [4.78, 5) is 0. The summed E-state index contributed by atoms with van der Waals surface area (Å²) in [5, 5.41) is 9.24. The van der Waals surface area contributed by atoms with Gasteiger partial charge in [-0.05, 0) is 42.7 Å². The van der Waals surface area contributed by atoms with Gasteiger partial charge < -0.3 is 5.11 Å². The molecule has 3 rings (SSSR count). The molecule has 0 radical (unpaired) electrons. The fraction of sp³-hybridized carbons (Fsp3) is 0.625.